The first-order valence-electron chi connectivity index (χ1n) is 7.49. The van der Waals surface area contributed by atoms with Crippen molar-refractivity contribution >= 4 is 16.9 Å². The number of amides is 1. The van der Waals surface area contributed by atoms with Gasteiger partial charge in [-0.3, -0.25) is 4.79 Å². The first-order chi connectivity index (χ1) is 10.9. The lowest BCUT2D eigenvalue weighted by Crippen LogP contribution is -2.30. The minimum atomic E-state index is -0.367. The van der Waals surface area contributed by atoms with Gasteiger partial charge in [-0.15, -0.1) is 0 Å². The highest BCUT2D eigenvalue weighted by atomic mass is 16.5. The normalized spacial score (nSPS) is 10.8. The molecule has 2 N–H and O–H groups in total. The molecule has 0 fully saturated rings. The van der Waals surface area contributed by atoms with Gasteiger partial charge in [0, 0.05) is 18.7 Å². The van der Waals surface area contributed by atoms with Crippen LogP contribution in [-0.4, -0.2) is 30.8 Å². The van der Waals surface area contributed by atoms with Crippen LogP contribution in [0.15, 0.2) is 21.3 Å². The van der Waals surface area contributed by atoms with Gasteiger partial charge in [-0.2, -0.15) is 0 Å². The summed E-state index contributed by atoms with van der Waals surface area (Å²) < 4.78 is 10.9. The van der Waals surface area contributed by atoms with Crippen molar-refractivity contribution in [2.24, 2.45) is 0 Å². The first kappa shape index (κ1) is 17.0. The summed E-state index contributed by atoms with van der Waals surface area (Å²) in [5.74, 6) is 0.251. The van der Waals surface area contributed by atoms with Gasteiger partial charge in [0.2, 0.25) is 0 Å². The lowest BCUT2D eigenvalue weighted by Gasteiger charge is -2.13. The SMILES string of the molecule is Cc1cc(OCC(=O)NCCCO)c2c(C)c(C)c(=O)oc2c1. The molecule has 6 nitrogen and oxygen atoms in total. The Bertz CT molecular complexity index is 779. The maximum Gasteiger partial charge on any atom is 0.339 e. The van der Waals surface area contributed by atoms with E-state index in [0.29, 0.717) is 35.2 Å². The molecule has 124 valence electrons. The molecule has 0 saturated carbocycles. The second kappa shape index (κ2) is 7.28. The van der Waals surface area contributed by atoms with Crippen molar-refractivity contribution in [3.63, 3.8) is 0 Å². The minimum absolute atomic E-state index is 0.0289. The monoisotopic (exact) mass is 319 g/mol. The van der Waals surface area contributed by atoms with Crippen LogP contribution in [0.5, 0.6) is 5.75 Å². The summed E-state index contributed by atoms with van der Waals surface area (Å²) in [6, 6.07) is 3.59. The van der Waals surface area contributed by atoms with Crippen LogP contribution >= 0.6 is 0 Å². The van der Waals surface area contributed by atoms with Gasteiger partial charge in [-0.05, 0) is 50.5 Å². The molecule has 1 amide bonds. The van der Waals surface area contributed by atoms with Crippen molar-refractivity contribution in [2.75, 3.05) is 19.8 Å². The molecule has 0 atom stereocenters. The number of aliphatic hydroxyl groups is 1. The highest BCUT2D eigenvalue weighted by Gasteiger charge is 2.14. The maximum absolute atomic E-state index is 11.8. The Morgan fingerprint density at radius 1 is 1.26 bits per heavy atom. The maximum atomic E-state index is 11.8. The summed E-state index contributed by atoms with van der Waals surface area (Å²) in [6.45, 7) is 5.69. The van der Waals surface area contributed by atoms with Crippen LogP contribution in [0.2, 0.25) is 0 Å². The van der Waals surface area contributed by atoms with Crippen LogP contribution < -0.4 is 15.7 Å². The van der Waals surface area contributed by atoms with Crippen LogP contribution in [0.4, 0.5) is 0 Å². The van der Waals surface area contributed by atoms with E-state index in [9.17, 15) is 9.59 Å². The van der Waals surface area contributed by atoms with Crippen LogP contribution in [0.25, 0.3) is 11.0 Å². The number of nitrogens with one attached hydrogen (secondary N) is 1. The smallest absolute Gasteiger partial charge is 0.339 e. The minimum Gasteiger partial charge on any atom is -0.483 e. The summed E-state index contributed by atoms with van der Waals surface area (Å²) >= 11 is 0. The third-order valence-electron chi connectivity index (χ3n) is 3.67. The fourth-order valence-corrected chi connectivity index (χ4v) is 2.30. The van der Waals surface area contributed by atoms with Gasteiger partial charge in [0.05, 0.1) is 5.39 Å². The summed E-state index contributed by atoms with van der Waals surface area (Å²) in [5.41, 5.74) is 2.27. The molecule has 0 unspecified atom stereocenters. The summed E-state index contributed by atoms with van der Waals surface area (Å²) in [7, 11) is 0. The van der Waals surface area contributed by atoms with Crippen molar-refractivity contribution in [1.29, 1.82) is 0 Å². The molecule has 0 radical (unpaired) electrons. The number of rotatable bonds is 6. The van der Waals surface area contributed by atoms with Crippen molar-refractivity contribution in [1.82, 2.24) is 5.32 Å². The number of carbonyl (C=O) groups excluding carboxylic acids is 1. The average Bonchev–Trinajstić information content (AvgIpc) is 2.50. The van der Waals surface area contributed by atoms with Gasteiger partial charge in [0.25, 0.3) is 5.91 Å². The first-order valence-corrected chi connectivity index (χ1v) is 7.49. The standard InChI is InChI=1S/C17H21NO5/c1-10-7-13(22-9-15(20)18-5-4-6-19)16-11(2)12(3)17(21)23-14(16)8-10/h7-8,19H,4-6,9H2,1-3H3,(H,18,20). The fraction of sp³-hybridized carbons (Fsp3) is 0.412. The molecular formula is C17H21NO5. The van der Waals surface area contributed by atoms with Crippen molar-refractivity contribution in [3.8, 4) is 5.75 Å². The summed E-state index contributed by atoms with van der Waals surface area (Å²) in [6.07, 6.45) is 0.503. The molecule has 1 aromatic carbocycles. The molecule has 6 heteroatoms. The van der Waals surface area contributed by atoms with Crippen LogP contribution in [0.1, 0.15) is 23.1 Å². The highest BCUT2D eigenvalue weighted by Crippen LogP contribution is 2.30. The Balaban J connectivity index is 2.28. The van der Waals surface area contributed by atoms with E-state index < -0.39 is 0 Å². The predicted molar refractivity (Wildman–Crippen MR) is 86.9 cm³/mol. The van der Waals surface area contributed by atoms with Crippen molar-refractivity contribution < 1.29 is 19.1 Å². The highest BCUT2D eigenvalue weighted by molar-refractivity contribution is 5.88. The zero-order valence-electron chi connectivity index (χ0n) is 13.6. The number of ether oxygens (including phenoxy) is 1. The van der Waals surface area contributed by atoms with E-state index in [1.54, 1.807) is 13.0 Å². The van der Waals surface area contributed by atoms with Gasteiger partial charge < -0.3 is 19.6 Å². The molecule has 1 aromatic heterocycles. The van der Waals surface area contributed by atoms with E-state index in [1.165, 1.54) is 0 Å². The predicted octanol–water partition coefficient (Wildman–Crippen LogP) is 1.60. The Morgan fingerprint density at radius 2 is 2.00 bits per heavy atom. The quantitative estimate of drug-likeness (QED) is 0.623. The molecule has 0 bridgehead atoms. The number of fused-ring (bicyclic) bond motifs is 1. The van der Waals surface area contributed by atoms with Crippen LogP contribution in [0, 0.1) is 20.8 Å². The van der Waals surface area contributed by atoms with Crippen molar-refractivity contribution in [2.45, 2.75) is 27.2 Å². The van der Waals surface area contributed by atoms with E-state index in [0.717, 1.165) is 11.1 Å². The van der Waals surface area contributed by atoms with Gasteiger partial charge in [-0.1, -0.05) is 0 Å². The molecule has 0 saturated heterocycles. The summed E-state index contributed by atoms with van der Waals surface area (Å²) in [4.78, 5) is 23.5. The molecular weight excluding hydrogens is 298 g/mol. The number of hydrogen-bond acceptors (Lipinski definition) is 5. The van der Waals surface area contributed by atoms with E-state index in [-0.39, 0.29) is 24.7 Å². The molecule has 23 heavy (non-hydrogen) atoms. The second-order valence-corrected chi connectivity index (χ2v) is 5.49. The average molecular weight is 319 g/mol. The van der Waals surface area contributed by atoms with Gasteiger partial charge in [-0.25, -0.2) is 4.79 Å². The lowest BCUT2D eigenvalue weighted by atomic mass is 10.0. The van der Waals surface area contributed by atoms with E-state index in [1.807, 2.05) is 19.9 Å². The molecule has 2 aromatic rings. The molecule has 0 spiro atoms. The number of aryl methyl sites for hydroxylation is 2. The topological polar surface area (TPSA) is 88.8 Å². The fourth-order valence-electron chi connectivity index (χ4n) is 2.30. The molecule has 2 rings (SSSR count). The number of aliphatic hydroxyl groups excluding tert-OH is 1. The van der Waals surface area contributed by atoms with E-state index in [4.69, 9.17) is 14.3 Å². The zero-order valence-corrected chi connectivity index (χ0v) is 13.6. The molecule has 0 aliphatic heterocycles. The Kier molecular flexibility index (Phi) is 5.39. The van der Waals surface area contributed by atoms with Crippen LogP contribution in [0.3, 0.4) is 0 Å². The van der Waals surface area contributed by atoms with Gasteiger partial charge in [0.1, 0.15) is 11.3 Å². The largest absolute Gasteiger partial charge is 0.483 e. The number of carbonyl (C=O) groups is 1. The molecule has 0 aliphatic rings. The van der Waals surface area contributed by atoms with Gasteiger partial charge in [0.15, 0.2) is 6.61 Å². The van der Waals surface area contributed by atoms with Crippen LogP contribution in [-0.2, 0) is 4.79 Å². The van der Waals surface area contributed by atoms with Crippen molar-refractivity contribution in [3.05, 3.63) is 39.2 Å². The Labute approximate surface area is 134 Å². The van der Waals surface area contributed by atoms with E-state index in [2.05, 4.69) is 5.32 Å². The number of benzene rings is 1. The van der Waals surface area contributed by atoms with Gasteiger partial charge >= 0.3 is 5.63 Å². The van der Waals surface area contributed by atoms with E-state index >= 15 is 0 Å². The Morgan fingerprint density at radius 3 is 2.70 bits per heavy atom. The summed E-state index contributed by atoms with van der Waals surface area (Å²) in [5, 5.41) is 12.1. The number of hydrogen-bond donors (Lipinski definition) is 2. The molecule has 1 heterocycles. The second-order valence-electron chi connectivity index (χ2n) is 5.49. The lowest BCUT2D eigenvalue weighted by molar-refractivity contribution is -0.123. The molecule has 0 aliphatic carbocycles. The zero-order chi connectivity index (χ0) is 17.0. The Hall–Kier alpha value is -2.34. The third kappa shape index (κ3) is 3.90. The third-order valence-corrected chi connectivity index (χ3v) is 3.67.